The van der Waals surface area contributed by atoms with Gasteiger partial charge in [-0.05, 0) is 38.3 Å². The van der Waals surface area contributed by atoms with E-state index in [0.29, 0.717) is 6.04 Å². The van der Waals surface area contributed by atoms with Crippen molar-refractivity contribution in [2.45, 2.75) is 40.2 Å². The van der Waals surface area contributed by atoms with Gasteiger partial charge >= 0.3 is 0 Å². The molecule has 2 heteroatoms. The molecule has 0 saturated heterocycles. The van der Waals surface area contributed by atoms with E-state index in [1.807, 2.05) is 19.2 Å². The van der Waals surface area contributed by atoms with Crippen LogP contribution in [-0.2, 0) is 0 Å². The molecule has 0 unspecified atom stereocenters. The standard InChI is InChI=1S/C12H20N2/c1-9(2)8-10(3)14-12-6-5-7-13-11(12)4/h5-7,9-10,14H,8H2,1-4H3/t10-/m1/s1. The van der Waals surface area contributed by atoms with Gasteiger partial charge in [0.15, 0.2) is 0 Å². The molecule has 1 aromatic heterocycles. The molecule has 1 rings (SSSR count). The molecule has 1 N–H and O–H groups in total. The molecule has 0 radical (unpaired) electrons. The zero-order valence-electron chi connectivity index (χ0n) is 9.54. The Balaban J connectivity index is 2.56. The van der Waals surface area contributed by atoms with Crippen LogP contribution in [-0.4, -0.2) is 11.0 Å². The van der Waals surface area contributed by atoms with Crippen molar-refractivity contribution in [2.24, 2.45) is 5.92 Å². The molecule has 0 spiro atoms. The number of aromatic nitrogens is 1. The summed E-state index contributed by atoms with van der Waals surface area (Å²) in [6, 6.07) is 4.56. The Kier molecular flexibility index (Phi) is 3.93. The minimum Gasteiger partial charge on any atom is -0.381 e. The largest absolute Gasteiger partial charge is 0.381 e. The van der Waals surface area contributed by atoms with E-state index in [-0.39, 0.29) is 0 Å². The maximum absolute atomic E-state index is 4.25. The van der Waals surface area contributed by atoms with Crippen molar-refractivity contribution in [3.63, 3.8) is 0 Å². The second kappa shape index (κ2) is 4.99. The number of rotatable bonds is 4. The highest BCUT2D eigenvalue weighted by Crippen LogP contribution is 2.14. The molecule has 14 heavy (non-hydrogen) atoms. The van der Waals surface area contributed by atoms with Crippen molar-refractivity contribution in [3.8, 4) is 0 Å². The second-order valence-electron chi connectivity index (χ2n) is 4.31. The SMILES string of the molecule is Cc1ncccc1N[C@H](C)CC(C)C. The quantitative estimate of drug-likeness (QED) is 0.792. The zero-order chi connectivity index (χ0) is 10.6. The number of nitrogens with one attached hydrogen (secondary N) is 1. The number of pyridine rings is 1. The summed E-state index contributed by atoms with van der Waals surface area (Å²) in [6.07, 6.45) is 3.02. The molecule has 0 saturated carbocycles. The smallest absolute Gasteiger partial charge is 0.0603 e. The monoisotopic (exact) mass is 192 g/mol. The van der Waals surface area contributed by atoms with Gasteiger partial charge in [0.2, 0.25) is 0 Å². The van der Waals surface area contributed by atoms with Crippen molar-refractivity contribution >= 4 is 5.69 Å². The fourth-order valence-corrected chi connectivity index (χ4v) is 1.67. The van der Waals surface area contributed by atoms with Crippen LogP contribution < -0.4 is 5.32 Å². The van der Waals surface area contributed by atoms with Crippen LogP contribution >= 0.6 is 0 Å². The molecule has 0 aromatic carbocycles. The Bertz CT molecular complexity index is 281. The van der Waals surface area contributed by atoms with Gasteiger partial charge in [0.1, 0.15) is 0 Å². The molecule has 78 valence electrons. The van der Waals surface area contributed by atoms with E-state index in [9.17, 15) is 0 Å². The van der Waals surface area contributed by atoms with Crippen molar-refractivity contribution in [1.82, 2.24) is 4.98 Å². The number of aryl methyl sites for hydroxylation is 1. The Morgan fingerprint density at radius 1 is 1.36 bits per heavy atom. The van der Waals surface area contributed by atoms with Gasteiger partial charge in [-0.2, -0.15) is 0 Å². The number of hydrogen-bond acceptors (Lipinski definition) is 2. The third-order valence-electron chi connectivity index (χ3n) is 2.23. The number of hydrogen-bond donors (Lipinski definition) is 1. The van der Waals surface area contributed by atoms with Gasteiger partial charge in [-0.25, -0.2) is 0 Å². The fourth-order valence-electron chi connectivity index (χ4n) is 1.67. The van der Waals surface area contributed by atoms with Gasteiger partial charge in [-0.3, -0.25) is 4.98 Å². The van der Waals surface area contributed by atoms with Crippen LogP contribution in [0.3, 0.4) is 0 Å². The van der Waals surface area contributed by atoms with Crippen LogP contribution in [0.25, 0.3) is 0 Å². The highest BCUT2D eigenvalue weighted by Gasteiger charge is 2.06. The molecular weight excluding hydrogens is 172 g/mol. The van der Waals surface area contributed by atoms with E-state index < -0.39 is 0 Å². The van der Waals surface area contributed by atoms with E-state index in [0.717, 1.165) is 17.3 Å². The lowest BCUT2D eigenvalue weighted by Gasteiger charge is -2.18. The van der Waals surface area contributed by atoms with Crippen LogP contribution in [0.1, 0.15) is 32.9 Å². The van der Waals surface area contributed by atoms with Gasteiger partial charge in [0.25, 0.3) is 0 Å². The molecule has 0 aliphatic rings. The first kappa shape index (κ1) is 11.0. The topological polar surface area (TPSA) is 24.9 Å². The third-order valence-corrected chi connectivity index (χ3v) is 2.23. The first-order chi connectivity index (χ1) is 6.59. The van der Waals surface area contributed by atoms with E-state index in [2.05, 4.69) is 37.1 Å². The summed E-state index contributed by atoms with van der Waals surface area (Å²) < 4.78 is 0. The Morgan fingerprint density at radius 3 is 2.64 bits per heavy atom. The summed E-state index contributed by atoms with van der Waals surface area (Å²) >= 11 is 0. The Morgan fingerprint density at radius 2 is 2.07 bits per heavy atom. The molecule has 1 atom stereocenters. The van der Waals surface area contributed by atoms with Crippen LogP contribution in [0.15, 0.2) is 18.3 Å². The van der Waals surface area contributed by atoms with Gasteiger partial charge in [-0.15, -0.1) is 0 Å². The summed E-state index contributed by atoms with van der Waals surface area (Å²) in [7, 11) is 0. The number of anilines is 1. The average molecular weight is 192 g/mol. The number of nitrogens with zero attached hydrogens (tertiary/aromatic N) is 1. The van der Waals surface area contributed by atoms with Crippen molar-refractivity contribution in [1.29, 1.82) is 0 Å². The molecular formula is C12H20N2. The summed E-state index contributed by atoms with van der Waals surface area (Å²) in [5.41, 5.74) is 2.23. The van der Waals surface area contributed by atoms with Crippen molar-refractivity contribution in [2.75, 3.05) is 5.32 Å². The fraction of sp³-hybridized carbons (Fsp3) is 0.583. The van der Waals surface area contributed by atoms with E-state index in [4.69, 9.17) is 0 Å². The first-order valence-electron chi connectivity index (χ1n) is 5.27. The normalized spacial score (nSPS) is 12.9. The zero-order valence-corrected chi connectivity index (χ0v) is 9.54. The highest BCUT2D eigenvalue weighted by molar-refractivity contribution is 5.47. The van der Waals surface area contributed by atoms with Gasteiger partial charge in [0, 0.05) is 12.2 Å². The summed E-state index contributed by atoms with van der Waals surface area (Å²) in [5.74, 6) is 0.731. The van der Waals surface area contributed by atoms with E-state index >= 15 is 0 Å². The van der Waals surface area contributed by atoms with E-state index in [1.54, 1.807) is 0 Å². The lowest BCUT2D eigenvalue weighted by atomic mass is 10.1. The van der Waals surface area contributed by atoms with Crippen LogP contribution in [0.4, 0.5) is 5.69 Å². The Labute approximate surface area is 86.8 Å². The van der Waals surface area contributed by atoms with Crippen LogP contribution in [0, 0.1) is 12.8 Å². The lowest BCUT2D eigenvalue weighted by molar-refractivity contribution is 0.539. The molecule has 2 nitrogen and oxygen atoms in total. The predicted molar refractivity (Wildman–Crippen MR) is 61.5 cm³/mol. The van der Waals surface area contributed by atoms with Crippen molar-refractivity contribution < 1.29 is 0 Å². The molecule has 0 fully saturated rings. The maximum atomic E-state index is 4.25. The van der Waals surface area contributed by atoms with Gasteiger partial charge in [0.05, 0.1) is 11.4 Å². The van der Waals surface area contributed by atoms with Crippen LogP contribution in [0.2, 0.25) is 0 Å². The molecule has 0 aliphatic heterocycles. The first-order valence-corrected chi connectivity index (χ1v) is 5.27. The predicted octanol–water partition coefficient (Wildman–Crippen LogP) is 3.24. The third kappa shape index (κ3) is 3.36. The Hall–Kier alpha value is -1.05. The summed E-state index contributed by atoms with van der Waals surface area (Å²) in [4.78, 5) is 4.25. The van der Waals surface area contributed by atoms with E-state index in [1.165, 1.54) is 6.42 Å². The second-order valence-corrected chi connectivity index (χ2v) is 4.31. The summed E-state index contributed by atoms with van der Waals surface area (Å²) in [6.45, 7) is 8.74. The minimum absolute atomic E-state index is 0.512. The van der Waals surface area contributed by atoms with Gasteiger partial charge < -0.3 is 5.32 Å². The summed E-state index contributed by atoms with van der Waals surface area (Å²) in [5, 5.41) is 3.48. The minimum atomic E-state index is 0.512. The van der Waals surface area contributed by atoms with Gasteiger partial charge in [-0.1, -0.05) is 13.8 Å². The average Bonchev–Trinajstić information content (AvgIpc) is 2.07. The highest BCUT2D eigenvalue weighted by atomic mass is 14.9. The molecule has 0 amide bonds. The molecule has 1 aromatic rings. The molecule has 0 aliphatic carbocycles. The maximum Gasteiger partial charge on any atom is 0.0603 e. The molecule has 0 bridgehead atoms. The van der Waals surface area contributed by atoms with Crippen LogP contribution in [0.5, 0.6) is 0 Å². The lowest BCUT2D eigenvalue weighted by Crippen LogP contribution is -2.18. The van der Waals surface area contributed by atoms with Crippen molar-refractivity contribution in [3.05, 3.63) is 24.0 Å². The molecule has 1 heterocycles.